The van der Waals surface area contributed by atoms with Crippen LogP contribution in [-0.2, 0) is 9.59 Å². The summed E-state index contributed by atoms with van der Waals surface area (Å²) in [6.07, 6.45) is 3.18. The standard InChI is InChI=1S/C24H26FN3O3/c1-16(14-17(2)26)15-23(29)28-13-3-4-22(28)24(30)27-19-7-11-21(12-8-19)31-20-9-5-18(25)6-10-20/h5-12,14,22H,1,3-4,13,15,26H2,2H3,(H,27,30)/b17-14-/t22-/m0/s1. The Morgan fingerprint density at radius 2 is 1.81 bits per heavy atom. The van der Waals surface area contributed by atoms with Gasteiger partial charge in [-0.1, -0.05) is 6.58 Å². The van der Waals surface area contributed by atoms with Crippen LogP contribution in [0.15, 0.2) is 72.5 Å². The van der Waals surface area contributed by atoms with E-state index in [1.807, 2.05) is 0 Å². The van der Waals surface area contributed by atoms with Gasteiger partial charge < -0.3 is 20.7 Å². The van der Waals surface area contributed by atoms with Gasteiger partial charge in [0.15, 0.2) is 0 Å². The van der Waals surface area contributed by atoms with Crippen molar-refractivity contribution in [2.45, 2.75) is 32.2 Å². The van der Waals surface area contributed by atoms with Crippen LogP contribution in [0, 0.1) is 5.82 Å². The summed E-state index contributed by atoms with van der Waals surface area (Å²) in [6, 6.07) is 12.1. The maximum absolute atomic E-state index is 13.0. The highest BCUT2D eigenvalue weighted by molar-refractivity contribution is 5.97. The average Bonchev–Trinajstić information content (AvgIpc) is 3.21. The molecule has 1 fully saturated rings. The van der Waals surface area contributed by atoms with Crippen molar-refractivity contribution in [3.63, 3.8) is 0 Å². The number of nitrogens with zero attached hydrogens (tertiary/aromatic N) is 1. The normalized spacial score (nSPS) is 16.1. The van der Waals surface area contributed by atoms with Crippen LogP contribution in [0.3, 0.4) is 0 Å². The number of halogens is 1. The molecule has 6 nitrogen and oxygen atoms in total. The number of rotatable bonds is 7. The molecule has 1 atom stereocenters. The van der Waals surface area contributed by atoms with E-state index in [4.69, 9.17) is 10.5 Å². The summed E-state index contributed by atoms with van der Waals surface area (Å²) in [7, 11) is 0. The quantitative estimate of drug-likeness (QED) is 0.648. The van der Waals surface area contributed by atoms with Crippen molar-refractivity contribution < 1.29 is 18.7 Å². The van der Waals surface area contributed by atoms with E-state index in [1.165, 1.54) is 24.3 Å². The summed E-state index contributed by atoms with van der Waals surface area (Å²) < 4.78 is 18.6. The molecule has 162 valence electrons. The van der Waals surface area contributed by atoms with Gasteiger partial charge in [-0.2, -0.15) is 0 Å². The zero-order chi connectivity index (χ0) is 22.4. The van der Waals surface area contributed by atoms with Gasteiger partial charge in [-0.05, 0) is 79.9 Å². The number of anilines is 1. The Kier molecular flexibility index (Phi) is 7.07. The van der Waals surface area contributed by atoms with Crippen molar-refractivity contribution in [1.82, 2.24) is 4.90 Å². The fourth-order valence-electron chi connectivity index (χ4n) is 3.48. The molecule has 0 aliphatic carbocycles. The molecule has 7 heteroatoms. The van der Waals surface area contributed by atoms with Crippen LogP contribution in [0.25, 0.3) is 0 Å². The lowest BCUT2D eigenvalue weighted by atomic mass is 10.1. The van der Waals surface area contributed by atoms with E-state index in [0.717, 1.165) is 6.42 Å². The number of hydrogen-bond acceptors (Lipinski definition) is 4. The Morgan fingerprint density at radius 1 is 1.19 bits per heavy atom. The maximum Gasteiger partial charge on any atom is 0.247 e. The van der Waals surface area contributed by atoms with Crippen molar-refractivity contribution in [2.75, 3.05) is 11.9 Å². The van der Waals surface area contributed by atoms with Crippen LogP contribution in [0.4, 0.5) is 10.1 Å². The number of likely N-dealkylation sites (tertiary alicyclic amines) is 1. The van der Waals surface area contributed by atoms with E-state index < -0.39 is 6.04 Å². The van der Waals surface area contributed by atoms with Crippen molar-refractivity contribution in [3.05, 3.63) is 78.3 Å². The number of nitrogens with two attached hydrogens (primary N) is 1. The second-order valence-corrected chi connectivity index (χ2v) is 7.54. The first-order valence-corrected chi connectivity index (χ1v) is 10.1. The molecule has 1 saturated heterocycles. The maximum atomic E-state index is 13.0. The highest BCUT2D eigenvalue weighted by atomic mass is 19.1. The molecule has 0 bridgehead atoms. The number of ether oxygens (including phenoxy) is 1. The summed E-state index contributed by atoms with van der Waals surface area (Å²) in [6.45, 7) is 6.13. The van der Waals surface area contributed by atoms with Crippen molar-refractivity contribution in [1.29, 1.82) is 0 Å². The van der Waals surface area contributed by atoms with Gasteiger partial charge in [0.05, 0.1) is 6.42 Å². The van der Waals surface area contributed by atoms with Crippen molar-refractivity contribution in [3.8, 4) is 11.5 Å². The van der Waals surface area contributed by atoms with Crippen LogP contribution in [0.2, 0.25) is 0 Å². The second-order valence-electron chi connectivity index (χ2n) is 7.54. The first-order chi connectivity index (χ1) is 14.8. The summed E-state index contributed by atoms with van der Waals surface area (Å²) in [5.41, 5.74) is 7.43. The number of hydrogen-bond donors (Lipinski definition) is 2. The molecule has 0 spiro atoms. The van der Waals surface area contributed by atoms with Crippen LogP contribution in [0.5, 0.6) is 11.5 Å². The lowest BCUT2D eigenvalue weighted by Crippen LogP contribution is -2.43. The SMILES string of the molecule is C=C(/C=C(/C)N)CC(=O)N1CCC[C@H]1C(=O)Nc1ccc(Oc2ccc(F)cc2)cc1. The van der Waals surface area contributed by atoms with E-state index >= 15 is 0 Å². The van der Waals surface area contributed by atoms with Gasteiger partial charge in [-0.15, -0.1) is 0 Å². The van der Waals surface area contributed by atoms with E-state index in [2.05, 4.69) is 11.9 Å². The Bertz CT molecular complexity index is 980. The number of carbonyl (C=O) groups is 2. The lowest BCUT2D eigenvalue weighted by molar-refractivity contribution is -0.136. The topological polar surface area (TPSA) is 84.7 Å². The summed E-state index contributed by atoms with van der Waals surface area (Å²) in [5.74, 6) is 0.376. The van der Waals surface area contributed by atoms with Crippen molar-refractivity contribution in [2.24, 2.45) is 5.73 Å². The molecule has 0 radical (unpaired) electrons. The smallest absolute Gasteiger partial charge is 0.247 e. The van der Waals surface area contributed by atoms with Gasteiger partial charge in [0.2, 0.25) is 11.8 Å². The van der Waals surface area contributed by atoms with Crippen LogP contribution in [0.1, 0.15) is 26.2 Å². The first-order valence-electron chi connectivity index (χ1n) is 10.1. The third-order valence-corrected chi connectivity index (χ3v) is 4.86. The number of allylic oxidation sites excluding steroid dienone is 2. The molecule has 2 aromatic carbocycles. The molecular weight excluding hydrogens is 397 g/mol. The summed E-state index contributed by atoms with van der Waals surface area (Å²) in [4.78, 5) is 27.0. The molecule has 2 aromatic rings. The van der Waals surface area contributed by atoms with Gasteiger partial charge in [-0.25, -0.2) is 4.39 Å². The van der Waals surface area contributed by atoms with Gasteiger partial charge >= 0.3 is 0 Å². The monoisotopic (exact) mass is 423 g/mol. The van der Waals surface area contributed by atoms with Gasteiger partial charge in [0.1, 0.15) is 23.4 Å². The molecule has 3 rings (SSSR count). The first kappa shape index (κ1) is 22.1. The van der Waals surface area contributed by atoms with E-state index in [-0.39, 0.29) is 24.1 Å². The van der Waals surface area contributed by atoms with Crippen LogP contribution < -0.4 is 15.8 Å². The van der Waals surface area contributed by atoms with E-state index in [1.54, 1.807) is 42.2 Å². The van der Waals surface area contributed by atoms with Gasteiger partial charge in [-0.3, -0.25) is 9.59 Å². The minimum atomic E-state index is -0.515. The number of nitrogens with one attached hydrogen (secondary N) is 1. The summed E-state index contributed by atoms with van der Waals surface area (Å²) in [5, 5.41) is 2.86. The number of carbonyl (C=O) groups excluding carboxylic acids is 2. The third kappa shape index (κ3) is 6.18. The Morgan fingerprint density at radius 3 is 2.42 bits per heavy atom. The van der Waals surface area contributed by atoms with Gasteiger partial charge in [0, 0.05) is 17.9 Å². The predicted molar refractivity (Wildman–Crippen MR) is 118 cm³/mol. The predicted octanol–water partition coefficient (Wildman–Crippen LogP) is 4.36. The van der Waals surface area contributed by atoms with Gasteiger partial charge in [0.25, 0.3) is 0 Å². The molecule has 1 heterocycles. The lowest BCUT2D eigenvalue weighted by Gasteiger charge is -2.24. The molecule has 2 amide bonds. The number of amides is 2. The zero-order valence-corrected chi connectivity index (χ0v) is 17.4. The van der Waals surface area contributed by atoms with E-state index in [0.29, 0.717) is 41.4 Å². The highest BCUT2D eigenvalue weighted by Gasteiger charge is 2.33. The Hall–Kier alpha value is -3.61. The van der Waals surface area contributed by atoms with Crippen LogP contribution >= 0.6 is 0 Å². The second kappa shape index (κ2) is 9.93. The minimum Gasteiger partial charge on any atom is -0.457 e. The molecule has 1 aliphatic heterocycles. The number of benzene rings is 2. The largest absolute Gasteiger partial charge is 0.457 e. The fraction of sp³-hybridized carbons (Fsp3) is 0.250. The third-order valence-electron chi connectivity index (χ3n) is 4.86. The zero-order valence-electron chi connectivity index (χ0n) is 17.4. The highest BCUT2D eigenvalue weighted by Crippen LogP contribution is 2.25. The minimum absolute atomic E-state index is 0.133. The Labute approximate surface area is 181 Å². The van der Waals surface area contributed by atoms with Crippen LogP contribution in [-0.4, -0.2) is 29.3 Å². The van der Waals surface area contributed by atoms with Crippen molar-refractivity contribution >= 4 is 17.5 Å². The molecule has 31 heavy (non-hydrogen) atoms. The molecule has 0 unspecified atom stereocenters. The molecular formula is C24H26FN3O3. The average molecular weight is 423 g/mol. The van der Waals surface area contributed by atoms with E-state index in [9.17, 15) is 14.0 Å². The molecule has 3 N–H and O–H groups in total. The molecule has 0 aromatic heterocycles. The molecule has 0 saturated carbocycles. The fourth-order valence-corrected chi connectivity index (χ4v) is 3.48. The summed E-state index contributed by atoms with van der Waals surface area (Å²) >= 11 is 0. The molecule has 1 aliphatic rings. The Balaban J connectivity index is 1.58.